The summed E-state index contributed by atoms with van der Waals surface area (Å²) >= 11 is 0. The van der Waals surface area contributed by atoms with Crippen LogP contribution >= 0.6 is 0 Å². The molecule has 1 fully saturated rings. The highest BCUT2D eigenvalue weighted by molar-refractivity contribution is 5.67. The number of hydrogen-bond acceptors (Lipinski definition) is 3. The second kappa shape index (κ2) is 5.19. The number of nitrogens with two attached hydrogens (primary N) is 1. The first-order chi connectivity index (χ1) is 9.63. The van der Waals surface area contributed by atoms with Crippen molar-refractivity contribution in [3.8, 4) is 17.0 Å². The van der Waals surface area contributed by atoms with E-state index >= 15 is 0 Å². The van der Waals surface area contributed by atoms with Crippen molar-refractivity contribution in [2.24, 2.45) is 5.92 Å². The Bertz CT molecular complexity index is 600. The lowest BCUT2D eigenvalue weighted by Crippen LogP contribution is -2.05. The van der Waals surface area contributed by atoms with E-state index < -0.39 is 0 Å². The van der Waals surface area contributed by atoms with Gasteiger partial charge < -0.3 is 10.5 Å². The third kappa shape index (κ3) is 2.79. The summed E-state index contributed by atoms with van der Waals surface area (Å²) in [6.07, 6.45) is 4.40. The smallest absolute Gasteiger partial charge is 0.122 e. The molecule has 1 aliphatic rings. The number of benzene rings is 1. The summed E-state index contributed by atoms with van der Waals surface area (Å²) in [6.45, 7) is 5.03. The molecular formula is C16H21N3O. The molecule has 4 heteroatoms. The van der Waals surface area contributed by atoms with E-state index in [-0.39, 0.29) is 0 Å². The highest BCUT2D eigenvalue weighted by atomic mass is 16.5. The fourth-order valence-corrected chi connectivity index (χ4v) is 2.31. The minimum absolute atomic E-state index is 0.317. The van der Waals surface area contributed by atoms with Gasteiger partial charge >= 0.3 is 0 Å². The third-order valence-electron chi connectivity index (χ3n) is 3.57. The average Bonchev–Trinajstić information content (AvgIpc) is 3.09. The molecule has 0 unspecified atom stereocenters. The quantitative estimate of drug-likeness (QED) is 0.847. The zero-order valence-corrected chi connectivity index (χ0v) is 12.0. The molecule has 0 radical (unpaired) electrons. The van der Waals surface area contributed by atoms with Crippen molar-refractivity contribution < 1.29 is 4.74 Å². The lowest BCUT2D eigenvalue weighted by atomic mass is 10.1. The zero-order chi connectivity index (χ0) is 14.1. The number of rotatable bonds is 5. The van der Waals surface area contributed by atoms with Gasteiger partial charge in [-0.2, -0.15) is 5.10 Å². The van der Waals surface area contributed by atoms with Gasteiger partial charge in [-0.1, -0.05) is 0 Å². The Hall–Kier alpha value is -1.97. The monoisotopic (exact) mass is 271 g/mol. The number of ether oxygens (including phenoxy) is 1. The maximum absolute atomic E-state index is 6.00. The fourth-order valence-electron chi connectivity index (χ4n) is 2.31. The Labute approximate surface area is 119 Å². The normalized spacial score (nSPS) is 14.8. The number of hydrogen-bond donors (Lipinski definition) is 1. The summed E-state index contributed by atoms with van der Waals surface area (Å²) in [6, 6.07) is 8.24. The molecule has 106 valence electrons. The van der Waals surface area contributed by atoms with Crippen molar-refractivity contribution in [3.05, 3.63) is 30.5 Å². The minimum Gasteiger partial charge on any atom is -0.493 e. The SMILES string of the molecule is CC(C)n1nccc1-c1cc(N)cc(OCC2CC2)c1. The number of nitrogen functional groups attached to an aromatic ring is 1. The summed E-state index contributed by atoms with van der Waals surface area (Å²) in [5, 5.41) is 4.37. The van der Waals surface area contributed by atoms with Crippen LogP contribution in [0.25, 0.3) is 11.3 Å². The van der Waals surface area contributed by atoms with Crippen LogP contribution < -0.4 is 10.5 Å². The molecule has 0 aliphatic heterocycles. The van der Waals surface area contributed by atoms with Crippen LogP contribution in [0.1, 0.15) is 32.7 Å². The summed E-state index contributed by atoms with van der Waals surface area (Å²) < 4.78 is 7.84. The van der Waals surface area contributed by atoms with Crippen molar-refractivity contribution in [2.75, 3.05) is 12.3 Å². The van der Waals surface area contributed by atoms with Gasteiger partial charge in [0.1, 0.15) is 5.75 Å². The molecule has 1 aliphatic carbocycles. The highest BCUT2D eigenvalue weighted by Crippen LogP contribution is 2.32. The van der Waals surface area contributed by atoms with Crippen LogP contribution in [0.5, 0.6) is 5.75 Å². The molecule has 2 aromatic rings. The van der Waals surface area contributed by atoms with E-state index in [2.05, 4.69) is 25.0 Å². The molecular weight excluding hydrogens is 250 g/mol. The van der Waals surface area contributed by atoms with Crippen LogP contribution in [-0.2, 0) is 0 Å². The van der Waals surface area contributed by atoms with Gasteiger partial charge in [0.25, 0.3) is 0 Å². The second-order valence-electron chi connectivity index (χ2n) is 5.80. The topological polar surface area (TPSA) is 53.1 Å². The first kappa shape index (κ1) is 13.0. The van der Waals surface area contributed by atoms with Gasteiger partial charge in [-0.05, 0) is 50.8 Å². The Morgan fingerprint density at radius 1 is 1.35 bits per heavy atom. The first-order valence-electron chi connectivity index (χ1n) is 7.20. The van der Waals surface area contributed by atoms with Gasteiger partial charge in [-0.25, -0.2) is 0 Å². The van der Waals surface area contributed by atoms with Crippen LogP contribution in [0.2, 0.25) is 0 Å². The highest BCUT2D eigenvalue weighted by Gasteiger charge is 2.22. The molecule has 1 saturated carbocycles. The number of anilines is 1. The molecule has 20 heavy (non-hydrogen) atoms. The van der Waals surface area contributed by atoms with E-state index in [1.54, 1.807) is 0 Å². The maximum Gasteiger partial charge on any atom is 0.122 e. The van der Waals surface area contributed by atoms with Gasteiger partial charge in [0.05, 0.1) is 12.3 Å². The average molecular weight is 271 g/mol. The minimum atomic E-state index is 0.317. The lowest BCUT2D eigenvalue weighted by molar-refractivity contribution is 0.300. The standard InChI is InChI=1S/C16H21N3O/c1-11(2)19-16(5-6-18-19)13-7-14(17)9-15(8-13)20-10-12-3-4-12/h5-9,11-12H,3-4,10,17H2,1-2H3. The van der Waals surface area contributed by atoms with Crippen molar-refractivity contribution in [2.45, 2.75) is 32.7 Å². The van der Waals surface area contributed by atoms with Crippen LogP contribution in [-0.4, -0.2) is 16.4 Å². The Morgan fingerprint density at radius 3 is 2.85 bits per heavy atom. The van der Waals surface area contributed by atoms with Gasteiger partial charge in [0.15, 0.2) is 0 Å². The van der Waals surface area contributed by atoms with E-state index in [1.165, 1.54) is 12.8 Å². The molecule has 1 heterocycles. The Balaban J connectivity index is 1.89. The molecule has 0 atom stereocenters. The lowest BCUT2D eigenvalue weighted by Gasteiger charge is -2.13. The fraction of sp³-hybridized carbons (Fsp3) is 0.438. The third-order valence-corrected chi connectivity index (χ3v) is 3.57. The summed E-state index contributed by atoms with van der Waals surface area (Å²) in [4.78, 5) is 0. The largest absolute Gasteiger partial charge is 0.493 e. The van der Waals surface area contributed by atoms with E-state index in [0.29, 0.717) is 6.04 Å². The first-order valence-corrected chi connectivity index (χ1v) is 7.20. The molecule has 4 nitrogen and oxygen atoms in total. The Kier molecular flexibility index (Phi) is 3.38. The van der Waals surface area contributed by atoms with Crippen molar-refractivity contribution >= 4 is 5.69 Å². The van der Waals surface area contributed by atoms with Crippen LogP contribution in [0.15, 0.2) is 30.5 Å². The van der Waals surface area contributed by atoms with Crippen LogP contribution in [0.4, 0.5) is 5.69 Å². The summed E-state index contributed by atoms with van der Waals surface area (Å²) in [5.41, 5.74) is 8.86. The maximum atomic E-state index is 6.00. The zero-order valence-electron chi connectivity index (χ0n) is 12.0. The molecule has 0 spiro atoms. The van der Waals surface area contributed by atoms with Gasteiger partial charge in [-0.3, -0.25) is 4.68 Å². The summed E-state index contributed by atoms with van der Waals surface area (Å²) in [7, 11) is 0. The molecule has 0 bridgehead atoms. The van der Waals surface area contributed by atoms with E-state index in [9.17, 15) is 0 Å². The molecule has 0 amide bonds. The Morgan fingerprint density at radius 2 is 2.15 bits per heavy atom. The van der Waals surface area contributed by atoms with E-state index in [0.717, 1.165) is 35.2 Å². The van der Waals surface area contributed by atoms with Gasteiger partial charge in [-0.15, -0.1) is 0 Å². The van der Waals surface area contributed by atoms with Crippen LogP contribution in [0, 0.1) is 5.92 Å². The van der Waals surface area contributed by atoms with Crippen molar-refractivity contribution in [1.29, 1.82) is 0 Å². The van der Waals surface area contributed by atoms with Crippen LogP contribution in [0.3, 0.4) is 0 Å². The van der Waals surface area contributed by atoms with E-state index in [1.807, 2.05) is 29.1 Å². The van der Waals surface area contributed by atoms with Gasteiger partial charge in [0.2, 0.25) is 0 Å². The summed E-state index contributed by atoms with van der Waals surface area (Å²) in [5.74, 6) is 1.59. The molecule has 2 N–H and O–H groups in total. The molecule has 0 saturated heterocycles. The molecule has 1 aromatic carbocycles. The van der Waals surface area contributed by atoms with Gasteiger partial charge in [0, 0.05) is 29.6 Å². The second-order valence-corrected chi connectivity index (χ2v) is 5.80. The molecule has 1 aromatic heterocycles. The van der Waals surface area contributed by atoms with E-state index in [4.69, 9.17) is 10.5 Å². The predicted molar refractivity (Wildman–Crippen MR) is 80.7 cm³/mol. The van der Waals surface area contributed by atoms with Crippen molar-refractivity contribution in [3.63, 3.8) is 0 Å². The number of nitrogens with zero attached hydrogens (tertiary/aromatic N) is 2. The number of aromatic nitrogens is 2. The molecule has 3 rings (SSSR count). The van der Waals surface area contributed by atoms with Crippen molar-refractivity contribution in [1.82, 2.24) is 9.78 Å². The predicted octanol–water partition coefficient (Wildman–Crippen LogP) is 3.50.